The number of hydrogen-bond donors (Lipinski definition) is 1. The van der Waals surface area contributed by atoms with Crippen molar-refractivity contribution in [2.45, 2.75) is 19.9 Å². The Labute approximate surface area is 167 Å². The van der Waals surface area contributed by atoms with Crippen molar-refractivity contribution in [3.63, 3.8) is 0 Å². The summed E-state index contributed by atoms with van der Waals surface area (Å²) in [6, 6.07) is 14.0. The molecule has 0 unspecified atom stereocenters. The van der Waals surface area contributed by atoms with Crippen molar-refractivity contribution in [2.24, 2.45) is 0 Å². The van der Waals surface area contributed by atoms with Crippen LogP contribution in [0.15, 0.2) is 48.5 Å². The average molecular weight is 392 g/mol. The van der Waals surface area contributed by atoms with E-state index in [0.717, 1.165) is 29.2 Å². The van der Waals surface area contributed by atoms with E-state index < -0.39 is 4.92 Å². The van der Waals surface area contributed by atoms with Crippen LogP contribution in [0.25, 0.3) is 11.4 Å². The Morgan fingerprint density at radius 2 is 1.90 bits per heavy atom. The third kappa shape index (κ3) is 4.43. The van der Waals surface area contributed by atoms with Crippen LogP contribution < -0.4 is 14.8 Å². The lowest BCUT2D eigenvalue weighted by atomic mass is 10.2. The number of hydrogen-bond acceptors (Lipinski definition) is 7. The lowest BCUT2D eigenvalue weighted by Gasteiger charge is -2.11. The quantitative estimate of drug-likeness (QED) is 0.515. The van der Waals surface area contributed by atoms with Gasteiger partial charge in [-0.3, -0.25) is 10.1 Å². The predicted molar refractivity (Wildman–Crippen MR) is 108 cm³/mol. The Morgan fingerprint density at radius 1 is 1.07 bits per heavy atom. The summed E-state index contributed by atoms with van der Waals surface area (Å²) in [5.41, 5.74) is 2.40. The van der Waals surface area contributed by atoms with Crippen LogP contribution in [0.2, 0.25) is 0 Å². The van der Waals surface area contributed by atoms with Crippen LogP contribution in [0, 0.1) is 17.0 Å². The third-order valence-corrected chi connectivity index (χ3v) is 4.45. The number of anilines is 1. The van der Waals surface area contributed by atoms with E-state index in [2.05, 4.69) is 15.3 Å². The van der Waals surface area contributed by atoms with Crippen LogP contribution in [0.1, 0.15) is 17.7 Å². The molecular weight excluding hydrogens is 372 g/mol. The lowest BCUT2D eigenvalue weighted by Crippen LogP contribution is -2.04. The van der Waals surface area contributed by atoms with Crippen LogP contribution in [-0.2, 0) is 6.54 Å². The Bertz CT molecular complexity index is 1050. The number of aromatic nitrogens is 2. The fourth-order valence-corrected chi connectivity index (χ4v) is 3.06. The average Bonchev–Trinajstić information content (AvgIpc) is 2.97. The molecule has 0 fully saturated rings. The van der Waals surface area contributed by atoms with Gasteiger partial charge in [0.15, 0.2) is 17.3 Å². The number of nitrogens with zero attached hydrogens (tertiary/aromatic N) is 3. The maximum absolute atomic E-state index is 11.0. The number of nitro benzene ring substituents is 1. The van der Waals surface area contributed by atoms with E-state index in [4.69, 9.17) is 9.47 Å². The van der Waals surface area contributed by atoms with E-state index >= 15 is 0 Å². The second kappa shape index (κ2) is 8.14. The number of non-ortho nitro benzene ring substituents is 1. The van der Waals surface area contributed by atoms with E-state index in [1.807, 2.05) is 31.2 Å². The van der Waals surface area contributed by atoms with Gasteiger partial charge >= 0.3 is 0 Å². The smallest absolute Gasteiger partial charge is 0.270 e. The number of fused-ring (bicyclic) bond motifs is 1. The first kappa shape index (κ1) is 18.7. The zero-order valence-electron chi connectivity index (χ0n) is 15.9. The third-order valence-electron chi connectivity index (χ3n) is 4.45. The minimum Gasteiger partial charge on any atom is -0.490 e. The molecule has 2 aromatic carbocycles. The Hall–Kier alpha value is -3.68. The first-order valence-corrected chi connectivity index (χ1v) is 9.31. The minimum atomic E-state index is -0.428. The molecule has 8 heteroatoms. The van der Waals surface area contributed by atoms with Crippen molar-refractivity contribution in [1.29, 1.82) is 0 Å². The summed E-state index contributed by atoms with van der Waals surface area (Å²) in [5, 5.41) is 14.3. The van der Waals surface area contributed by atoms with Crippen LogP contribution >= 0.6 is 0 Å². The van der Waals surface area contributed by atoms with E-state index in [0.29, 0.717) is 37.0 Å². The van der Waals surface area contributed by atoms with Gasteiger partial charge in [-0.05, 0) is 24.6 Å². The predicted octanol–water partition coefficient (Wildman–Crippen LogP) is 4.13. The van der Waals surface area contributed by atoms with E-state index in [1.165, 1.54) is 12.1 Å². The first-order chi connectivity index (χ1) is 14.1. The molecular formula is C21H20N4O4. The van der Waals surface area contributed by atoms with Crippen LogP contribution in [0.5, 0.6) is 11.5 Å². The fraction of sp³-hybridized carbons (Fsp3) is 0.238. The van der Waals surface area contributed by atoms with Crippen molar-refractivity contribution >= 4 is 11.5 Å². The van der Waals surface area contributed by atoms with Gasteiger partial charge in [0.05, 0.1) is 18.1 Å². The second-order valence-corrected chi connectivity index (χ2v) is 6.71. The molecule has 0 atom stereocenters. The Morgan fingerprint density at radius 3 is 2.72 bits per heavy atom. The van der Waals surface area contributed by atoms with Gasteiger partial charge in [0.1, 0.15) is 5.82 Å². The number of rotatable bonds is 5. The summed E-state index contributed by atoms with van der Waals surface area (Å²) in [4.78, 5) is 19.5. The van der Waals surface area contributed by atoms with Crippen molar-refractivity contribution < 1.29 is 14.4 Å². The van der Waals surface area contributed by atoms with Gasteiger partial charge in [0.2, 0.25) is 0 Å². The first-order valence-electron chi connectivity index (χ1n) is 9.31. The summed E-state index contributed by atoms with van der Waals surface area (Å²) in [6.45, 7) is 3.70. The SMILES string of the molecule is Cc1cc(NCc2ccc3c(c2)OCCCO3)nc(-c2cccc([N+](=O)[O-])c2)n1. The molecule has 0 saturated carbocycles. The molecule has 29 heavy (non-hydrogen) atoms. The summed E-state index contributed by atoms with van der Waals surface area (Å²) >= 11 is 0. The molecule has 0 spiro atoms. The van der Waals surface area contributed by atoms with Crippen molar-refractivity contribution in [2.75, 3.05) is 18.5 Å². The molecule has 0 aliphatic carbocycles. The molecule has 4 rings (SSSR count). The van der Waals surface area contributed by atoms with Crippen LogP contribution in [0.4, 0.5) is 11.5 Å². The molecule has 1 aliphatic heterocycles. The molecule has 0 radical (unpaired) electrons. The van der Waals surface area contributed by atoms with Crippen molar-refractivity contribution in [1.82, 2.24) is 9.97 Å². The molecule has 1 N–H and O–H groups in total. The highest BCUT2D eigenvalue weighted by Gasteiger charge is 2.12. The summed E-state index contributed by atoms with van der Waals surface area (Å²) in [6.07, 6.45) is 0.864. The minimum absolute atomic E-state index is 0.00862. The van der Waals surface area contributed by atoms with E-state index in [9.17, 15) is 10.1 Å². The van der Waals surface area contributed by atoms with E-state index in [1.54, 1.807) is 12.1 Å². The number of nitrogens with one attached hydrogen (secondary N) is 1. The highest BCUT2D eigenvalue weighted by molar-refractivity contribution is 5.61. The highest BCUT2D eigenvalue weighted by atomic mass is 16.6. The molecule has 0 saturated heterocycles. The molecule has 148 valence electrons. The molecule has 0 amide bonds. The number of ether oxygens (including phenoxy) is 2. The molecule has 1 aromatic heterocycles. The van der Waals surface area contributed by atoms with Crippen LogP contribution in [0.3, 0.4) is 0 Å². The summed E-state index contributed by atoms with van der Waals surface area (Å²) in [5.74, 6) is 2.59. The zero-order chi connectivity index (χ0) is 20.2. The topological polar surface area (TPSA) is 99.4 Å². The van der Waals surface area contributed by atoms with Crippen molar-refractivity contribution in [3.8, 4) is 22.9 Å². The molecule has 3 aromatic rings. The Kier molecular flexibility index (Phi) is 5.24. The lowest BCUT2D eigenvalue weighted by molar-refractivity contribution is -0.384. The maximum atomic E-state index is 11.0. The number of nitro groups is 1. The van der Waals surface area contributed by atoms with Gasteiger partial charge in [-0.2, -0.15) is 0 Å². The normalized spacial score (nSPS) is 12.9. The van der Waals surface area contributed by atoms with Gasteiger partial charge in [-0.25, -0.2) is 9.97 Å². The maximum Gasteiger partial charge on any atom is 0.270 e. The molecule has 2 heterocycles. The van der Waals surface area contributed by atoms with Crippen molar-refractivity contribution in [3.05, 3.63) is 69.9 Å². The van der Waals surface area contributed by atoms with Crippen LogP contribution in [-0.4, -0.2) is 28.1 Å². The Balaban J connectivity index is 1.53. The van der Waals surface area contributed by atoms with Gasteiger partial charge in [0.25, 0.3) is 5.69 Å². The largest absolute Gasteiger partial charge is 0.490 e. The fourth-order valence-electron chi connectivity index (χ4n) is 3.06. The van der Waals surface area contributed by atoms with Gasteiger partial charge < -0.3 is 14.8 Å². The van der Waals surface area contributed by atoms with Gasteiger partial charge in [-0.1, -0.05) is 18.2 Å². The monoisotopic (exact) mass is 392 g/mol. The highest BCUT2D eigenvalue weighted by Crippen LogP contribution is 2.30. The van der Waals surface area contributed by atoms with E-state index in [-0.39, 0.29) is 5.69 Å². The molecule has 8 nitrogen and oxygen atoms in total. The van der Waals surface area contributed by atoms with Gasteiger partial charge in [-0.15, -0.1) is 0 Å². The molecule has 1 aliphatic rings. The zero-order valence-corrected chi connectivity index (χ0v) is 15.9. The van der Waals surface area contributed by atoms with Gasteiger partial charge in [0, 0.05) is 42.4 Å². The number of aryl methyl sites for hydroxylation is 1. The number of benzene rings is 2. The second-order valence-electron chi connectivity index (χ2n) is 6.71. The standard InChI is InChI=1S/C21H20N4O4/c1-14-10-20(24-21(23-14)16-4-2-5-17(12-16)25(26)27)22-13-15-6-7-18-19(11-15)29-9-3-8-28-18/h2,4-7,10-12H,3,8-9,13H2,1H3,(H,22,23,24). The summed E-state index contributed by atoms with van der Waals surface area (Å²) < 4.78 is 11.4. The molecule has 0 bridgehead atoms. The summed E-state index contributed by atoms with van der Waals surface area (Å²) in [7, 11) is 0.